The van der Waals surface area contributed by atoms with Gasteiger partial charge in [-0.15, -0.1) is 0 Å². The summed E-state index contributed by atoms with van der Waals surface area (Å²) in [5, 5.41) is 2.91. The number of nitrogens with zero attached hydrogens (tertiary/aromatic N) is 3. The van der Waals surface area contributed by atoms with Crippen molar-refractivity contribution in [3.8, 4) is 11.1 Å². The van der Waals surface area contributed by atoms with Crippen LogP contribution in [0.2, 0.25) is 0 Å². The third kappa shape index (κ3) is 5.49. The van der Waals surface area contributed by atoms with E-state index in [0.717, 1.165) is 35.6 Å². The molecule has 3 heterocycles. The van der Waals surface area contributed by atoms with Crippen LogP contribution in [0.25, 0.3) is 11.1 Å². The van der Waals surface area contributed by atoms with Crippen LogP contribution in [-0.2, 0) is 20.8 Å². The predicted octanol–water partition coefficient (Wildman–Crippen LogP) is 3.99. The predicted molar refractivity (Wildman–Crippen MR) is 148 cm³/mol. The first-order valence-electron chi connectivity index (χ1n) is 13.1. The molecule has 9 heteroatoms. The van der Waals surface area contributed by atoms with E-state index in [1.165, 1.54) is 7.11 Å². The lowest BCUT2D eigenvalue weighted by Crippen LogP contribution is -2.45. The molecular weight excluding hydrogens is 496 g/mol. The minimum atomic E-state index is -0.632. The van der Waals surface area contributed by atoms with Gasteiger partial charge in [-0.05, 0) is 52.9 Å². The summed E-state index contributed by atoms with van der Waals surface area (Å²) < 4.78 is 10.3. The molecule has 5 rings (SSSR count). The lowest BCUT2D eigenvalue weighted by Gasteiger charge is -2.28. The third-order valence-electron chi connectivity index (χ3n) is 7.17. The normalized spacial score (nSPS) is 15.7. The van der Waals surface area contributed by atoms with E-state index in [-0.39, 0.29) is 17.7 Å². The van der Waals surface area contributed by atoms with E-state index in [0.29, 0.717) is 36.6 Å². The SMILES string of the molecule is COC(=O)[C@H](C(C)C)N1Cc2ccc(-c3ccc(NC(=O)c4ccc(N5CCOCC5)nc4)cc3)cc2C1=O. The number of anilines is 2. The van der Waals surface area contributed by atoms with Crippen molar-refractivity contribution in [3.63, 3.8) is 0 Å². The van der Waals surface area contributed by atoms with Crippen molar-refractivity contribution in [2.24, 2.45) is 5.92 Å². The van der Waals surface area contributed by atoms with Crippen LogP contribution in [0.15, 0.2) is 60.8 Å². The smallest absolute Gasteiger partial charge is 0.328 e. The summed E-state index contributed by atoms with van der Waals surface area (Å²) in [6.07, 6.45) is 1.59. The van der Waals surface area contributed by atoms with Crippen LogP contribution in [-0.4, -0.2) is 67.1 Å². The minimum Gasteiger partial charge on any atom is -0.467 e. The molecule has 0 unspecified atom stereocenters. The van der Waals surface area contributed by atoms with Gasteiger partial charge in [-0.3, -0.25) is 9.59 Å². The second kappa shape index (κ2) is 11.2. The number of pyridine rings is 1. The Morgan fingerprint density at radius 2 is 1.72 bits per heavy atom. The van der Waals surface area contributed by atoms with E-state index in [4.69, 9.17) is 9.47 Å². The molecule has 1 atom stereocenters. The molecule has 0 spiro atoms. The molecule has 9 nitrogen and oxygen atoms in total. The van der Waals surface area contributed by atoms with Gasteiger partial charge in [-0.1, -0.05) is 38.1 Å². The Labute approximate surface area is 227 Å². The van der Waals surface area contributed by atoms with Gasteiger partial charge < -0.3 is 24.6 Å². The van der Waals surface area contributed by atoms with Crippen LogP contribution in [0.5, 0.6) is 0 Å². The van der Waals surface area contributed by atoms with Crippen LogP contribution in [0, 0.1) is 5.92 Å². The fourth-order valence-electron chi connectivity index (χ4n) is 5.06. The van der Waals surface area contributed by atoms with E-state index >= 15 is 0 Å². The maximum Gasteiger partial charge on any atom is 0.328 e. The molecule has 0 bridgehead atoms. The molecule has 2 aliphatic rings. The molecule has 1 fully saturated rings. The maximum atomic E-state index is 13.2. The summed E-state index contributed by atoms with van der Waals surface area (Å²) in [6.45, 7) is 7.10. The number of ether oxygens (including phenoxy) is 2. The Kier molecular flexibility index (Phi) is 7.60. The molecule has 0 saturated carbocycles. The van der Waals surface area contributed by atoms with Crippen molar-refractivity contribution in [2.45, 2.75) is 26.4 Å². The van der Waals surface area contributed by atoms with E-state index in [1.54, 1.807) is 17.2 Å². The zero-order valence-electron chi connectivity index (χ0n) is 22.3. The lowest BCUT2D eigenvalue weighted by atomic mass is 10.00. The number of esters is 1. The molecule has 2 aromatic carbocycles. The Bertz CT molecular complexity index is 1370. The van der Waals surface area contributed by atoms with Gasteiger partial charge in [0.2, 0.25) is 0 Å². The van der Waals surface area contributed by atoms with Crippen molar-refractivity contribution in [1.82, 2.24) is 9.88 Å². The van der Waals surface area contributed by atoms with E-state index in [2.05, 4.69) is 15.2 Å². The molecule has 0 aliphatic carbocycles. The number of fused-ring (bicyclic) bond motifs is 1. The van der Waals surface area contributed by atoms with Crippen LogP contribution >= 0.6 is 0 Å². The van der Waals surface area contributed by atoms with Gasteiger partial charge in [0.25, 0.3) is 11.8 Å². The van der Waals surface area contributed by atoms with Crippen LogP contribution in [0.4, 0.5) is 11.5 Å². The fourth-order valence-corrected chi connectivity index (χ4v) is 5.06. The number of morpholine rings is 1. The molecular formula is C30H32N4O5. The summed E-state index contributed by atoms with van der Waals surface area (Å²) in [6, 6.07) is 16.2. The summed E-state index contributed by atoms with van der Waals surface area (Å²) in [4.78, 5) is 46.5. The molecule has 3 aromatic rings. The van der Waals surface area contributed by atoms with Gasteiger partial charge in [0.15, 0.2) is 0 Å². The zero-order valence-corrected chi connectivity index (χ0v) is 22.3. The Balaban J connectivity index is 1.26. The van der Waals surface area contributed by atoms with E-state index in [1.807, 2.05) is 62.4 Å². The number of aromatic nitrogens is 1. The average Bonchev–Trinajstić information content (AvgIpc) is 3.28. The summed E-state index contributed by atoms with van der Waals surface area (Å²) >= 11 is 0. The maximum absolute atomic E-state index is 13.2. The first-order valence-corrected chi connectivity index (χ1v) is 13.1. The highest BCUT2D eigenvalue weighted by atomic mass is 16.5. The number of hydrogen-bond acceptors (Lipinski definition) is 7. The van der Waals surface area contributed by atoms with Crippen molar-refractivity contribution in [3.05, 3.63) is 77.5 Å². The fraction of sp³-hybridized carbons (Fsp3) is 0.333. The van der Waals surface area contributed by atoms with Crippen molar-refractivity contribution < 1.29 is 23.9 Å². The average molecular weight is 529 g/mol. The molecule has 1 N–H and O–H groups in total. The topological polar surface area (TPSA) is 101 Å². The lowest BCUT2D eigenvalue weighted by molar-refractivity contribution is -0.147. The Hall–Kier alpha value is -4.24. The van der Waals surface area contributed by atoms with Gasteiger partial charge in [-0.2, -0.15) is 0 Å². The first kappa shape index (κ1) is 26.4. The van der Waals surface area contributed by atoms with Crippen molar-refractivity contribution in [1.29, 1.82) is 0 Å². The number of rotatable bonds is 7. The Morgan fingerprint density at radius 3 is 2.36 bits per heavy atom. The van der Waals surface area contributed by atoms with Crippen LogP contribution < -0.4 is 10.2 Å². The Morgan fingerprint density at radius 1 is 1.00 bits per heavy atom. The number of hydrogen-bond donors (Lipinski definition) is 1. The number of carbonyl (C=O) groups is 3. The molecule has 39 heavy (non-hydrogen) atoms. The van der Waals surface area contributed by atoms with Gasteiger partial charge >= 0.3 is 5.97 Å². The van der Waals surface area contributed by atoms with Crippen molar-refractivity contribution in [2.75, 3.05) is 43.6 Å². The first-order chi connectivity index (χ1) is 18.9. The second-order valence-electron chi connectivity index (χ2n) is 10.1. The standard InChI is InChI=1S/C30H32N4O5/c1-19(2)27(30(37)38-3)34-18-23-5-4-21(16-25(23)29(34)36)20-6-9-24(10-7-20)32-28(35)22-8-11-26(31-17-22)33-12-14-39-15-13-33/h4-11,16-17,19,27H,12-15,18H2,1-3H3,(H,32,35)/t27-/m0/s1. The zero-order chi connectivity index (χ0) is 27.5. The monoisotopic (exact) mass is 528 g/mol. The number of carbonyl (C=O) groups excluding carboxylic acids is 3. The number of nitrogens with one attached hydrogen (secondary N) is 1. The van der Waals surface area contributed by atoms with Gasteiger partial charge in [0.05, 0.1) is 25.9 Å². The second-order valence-corrected chi connectivity index (χ2v) is 10.1. The van der Waals surface area contributed by atoms with Gasteiger partial charge in [0.1, 0.15) is 11.9 Å². The minimum absolute atomic E-state index is 0.0728. The summed E-state index contributed by atoms with van der Waals surface area (Å²) in [5.41, 5.74) is 4.39. The summed E-state index contributed by atoms with van der Waals surface area (Å²) in [7, 11) is 1.34. The number of methoxy groups -OCH3 is 1. The van der Waals surface area contributed by atoms with Crippen molar-refractivity contribution >= 4 is 29.3 Å². The van der Waals surface area contributed by atoms with Gasteiger partial charge in [0, 0.05) is 37.1 Å². The highest BCUT2D eigenvalue weighted by molar-refractivity contribution is 6.04. The molecule has 202 valence electrons. The largest absolute Gasteiger partial charge is 0.467 e. The molecule has 1 saturated heterocycles. The summed E-state index contributed by atoms with van der Waals surface area (Å²) in [5.74, 6) is -0.0603. The van der Waals surface area contributed by atoms with Gasteiger partial charge in [-0.25, -0.2) is 9.78 Å². The molecule has 1 aromatic heterocycles. The molecule has 2 amide bonds. The molecule has 2 aliphatic heterocycles. The third-order valence-corrected chi connectivity index (χ3v) is 7.17. The highest BCUT2D eigenvalue weighted by Gasteiger charge is 2.38. The van der Waals surface area contributed by atoms with E-state index < -0.39 is 12.0 Å². The molecule has 0 radical (unpaired) electrons. The highest BCUT2D eigenvalue weighted by Crippen LogP contribution is 2.32. The number of benzene rings is 2. The van der Waals surface area contributed by atoms with Crippen LogP contribution in [0.1, 0.15) is 40.1 Å². The number of amides is 2. The van der Waals surface area contributed by atoms with E-state index in [9.17, 15) is 14.4 Å². The quantitative estimate of drug-likeness (QED) is 0.463. The van der Waals surface area contributed by atoms with Crippen LogP contribution in [0.3, 0.4) is 0 Å².